The van der Waals surface area contributed by atoms with Gasteiger partial charge in [-0.3, -0.25) is 14.5 Å². The molecule has 0 saturated carbocycles. The van der Waals surface area contributed by atoms with E-state index in [1.807, 2.05) is 4.90 Å². The van der Waals surface area contributed by atoms with Crippen LogP contribution in [0.15, 0.2) is 29.1 Å². The van der Waals surface area contributed by atoms with Crippen LogP contribution < -0.4 is 5.56 Å². The fourth-order valence-corrected chi connectivity index (χ4v) is 6.27. The van der Waals surface area contributed by atoms with Crippen LogP contribution in [0, 0.1) is 5.82 Å². The molecule has 6 rings (SSSR count). The fourth-order valence-electron chi connectivity index (χ4n) is 4.99. The molecule has 0 radical (unpaired) electrons. The Morgan fingerprint density at radius 2 is 1.91 bits per heavy atom. The molecular weight excluding hydrogens is 441 g/mol. The number of hydrogen-bond acceptors (Lipinski definition) is 5. The number of hydrogen-bond donors (Lipinski definition) is 2. The number of aromatic amines is 2. The van der Waals surface area contributed by atoms with Gasteiger partial charge in [-0.1, -0.05) is 0 Å². The van der Waals surface area contributed by atoms with Gasteiger partial charge in [-0.05, 0) is 55.5 Å². The van der Waals surface area contributed by atoms with E-state index in [9.17, 15) is 14.0 Å². The summed E-state index contributed by atoms with van der Waals surface area (Å²) in [5, 5.41) is 1.48. The van der Waals surface area contributed by atoms with Gasteiger partial charge in [-0.2, -0.15) is 0 Å². The van der Waals surface area contributed by atoms with Crippen molar-refractivity contribution in [3.8, 4) is 0 Å². The van der Waals surface area contributed by atoms with Crippen molar-refractivity contribution in [3.63, 3.8) is 0 Å². The number of aromatic nitrogens is 3. The topological polar surface area (TPSA) is 85.1 Å². The molecule has 3 aromatic heterocycles. The van der Waals surface area contributed by atoms with Gasteiger partial charge in [-0.15, -0.1) is 11.3 Å². The van der Waals surface area contributed by atoms with Gasteiger partial charge in [0.15, 0.2) is 0 Å². The summed E-state index contributed by atoms with van der Waals surface area (Å²) in [6, 6.07) is 6.16. The summed E-state index contributed by atoms with van der Waals surface area (Å²) < 4.78 is 13.5. The number of nitrogens with one attached hydrogen (secondary N) is 2. The third-order valence-corrected chi connectivity index (χ3v) is 7.91. The predicted molar refractivity (Wildman–Crippen MR) is 126 cm³/mol. The third-order valence-electron chi connectivity index (χ3n) is 6.72. The third kappa shape index (κ3) is 3.75. The minimum absolute atomic E-state index is 0.0292. The van der Waals surface area contributed by atoms with Gasteiger partial charge in [0.05, 0.1) is 11.9 Å². The Balaban J connectivity index is 1.14. The van der Waals surface area contributed by atoms with E-state index in [0.717, 1.165) is 35.0 Å². The summed E-state index contributed by atoms with van der Waals surface area (Å²) in [5.74, 6) is 0.286. The van der Waals surface area contributed by atoms with Crippen molar-refractivity contribution < 1.29 is 9.18 Å². The lowest BCUT2D eigenvalue weighted by Crippen LogP contribution is -2.48. The number of H-pyrrole nitrogens is 2. The maximum atomic E-state index is 13.5. The molecule has 1 aromatic carbocycles. The molecule has 0 bridgehead atoms. The van der Waals surface area contributed by atoms with Crippen LogP contribution in [0.25, 0.3) is 21.1 Å². The van der Waals surface area contributed by atoms with Gasteiger partial charge in [0.2, 0.25) is 0 Å². The van der Waals surface area contributed by atoms with Gasteiger partial charge < -0.3 is 14.9 Å². The van der Waals surface area contributed by atoms with E-state index < -0.39 is 0 Å². The first-order chi connectivity index (χ1) is 16.0. The maximum Gasteiger partial charge on any atom is 0.270 e. The smallest absolute Gasteiger partial charge is 0.270 e. The van der Waals surface area contributed by atoms with E-state index in [1.54, 1.807) is 23.5 Å². The molecule has 4 heterocycles. The lowest BCUT2D eigenvalue weighted by molar-refractivity contribution is 0.0620. The molecule has 1 amide bonds. The number of carbonyl (C=O) groups is 1. The monoisotopic (exact) mass is 465 g/mol. The van der Waals surface area contributed by atoms with Crippen LogP contribution in [0.5, 0.6) is 0 Å². The number of piperazine rings is 1. The molecule has 1 fully saturated rings. The first-order valence-corrected chi connectivity index (χ1v) is 12.2. The van der Waals surface area contributed by atoms with Crippen molar-refractivity contribution in [3.05, 3.63) is 62.4 Å². The highest BCUT2D eigenvalue weighted by molar-refractivity contribution is 7.18. The number of nitrogens with zero attached hydrogens (tertiary/aromatic N) is 3. The zero-order valence-corrected chi connectivity index (χ0v) is 18.9. The summed E-state index contributed by atoms with van der Waals surface area (Å²) >= 11 is 1.67. The highest BCUT2D eigenvalue weighted by Crippen LogP contribution is 2.33. The quantitative estimate of drug-likeness (QED) is 0.485. The number of amides is 1. The van der Waals surface area contributed by atoms with Gasteiger partial charge in [0.25, 0.3) is 11.5 Å². The number of halogens is 1. The largest absolute Gasteiger partial charge is 0.351 e. The van der Waals surface area contributed by atoms with Crippen LogP contribution in [0.4, 0.5) is 4.39 Å². The highest BCUT2D eigenvalue weighted by Gasteiger charge is 2.25. The standard InChI is InChI=1S/C24H24FN5O2S/c25-15-5-6-17-14(11-15)12-18(26-17)24(32)30-9-7-29(8-10-30)13-20-27-22(31)21-16-3-1-2-4-19(16)33-23(21)28-20/h5-6,11-12,26H,1-4,7-10,13H2,(H,27,28,31). The van der Waals surface area contributed by atoms with Gasteiger partial charge >= 0.3 is 0 Å². The van der Waals surface area contributed by atoms with Crippen LogP contribution in [-0.2, 0) is 19.4 Å². The molecule has 2 aliphatic rings. The molecule has 9 heteroatoms. The second-order valence-electron chi connectivity index (χ2n) is 8.89. The molecular formula is C24H24FN5O2S. The van der Waals surface area contributed by atoms with Crippen LogP contribution in [0.2, 0.25) is 0 Å². The maximum absolute atomic E-state index is 13.5. The minimum atomic E-state index is -0.318. The molecule has 0 spiro atoms. The molecule has 2 N–H and O–H groups in total. The van der Waals surface area contributed by atoms with Gasteiger partial charge in [0, 0.05) is 42.0 Å². The zero-order chi connectivity index (χ0) is 22.5. The Hall–Kier alpha value is -3.04. The Bertz CT molecular complexity index is 1430. The molecule has 4 aromatic rings. The van der Waals surface area contributed by atoms with Crippen LogP contribution in [0.3, 0.4) is 0 Å². The molecule has 33 heavy (non-hydrogen) atoms. The normalized spacial score (nSPS) is 17.1. The van der Waals surface area contributed by atoms with E-state index in [2.05, 4.69) is 14.9 Å². The first kappa shape index (κ1) is 20.6. The number of aryl methyl sites for hydroxylation is 2. The van der Waals surface area contributed by atoms with Crippen molar-refractivity contribution in [1.82, 2.24) is 24.8 Å². The van der Waals surface area contributed by atoms with Crippen molar-refractivity contribution in [2.75, 3.05) is 26.2 Å². The Morgan fingerprint density at radius 1 is 1.09 bits per heavy atom. The van der Waals surface area contributed by atoms with E-state index in [0.29, 0.717) is 49.6 Å². The molecule has 7 nitrogen and oxygen atoms in total. The highest BCUT2D eigenvalue weighted by atomic mass is 32.1. The van der Waals surface area contributed by atoms with Crippen LogP contribution in [-0.4, -0.2) is 56.8 Å². The molecule has 170 valence electrons. The number of carbonyl (C=O) groups excluding carboxylic acids is 1. The first-order valence-electron chi connectivity index (χ1n) is 11.4. The summed E-state index contributed by atoms with van der Waals surface area (Å²) in [7, 11) is 0. The lowest BCUT2D eigenvalue weighted by Gasteiger charge is -2.34. The molecule has 0 unspecified atom stereocenters. The summed E-state index contributed by atoms with van der Waals surface area (Å²) in [6.07, 6.45) is 4.34. The summed E-state index contributed by atoms with van der Waals surface area (Å²) in [4.78, 5) is 42.8. The van der Waals surface area contributed by atoms with Crippen molar-refractivity contribution in [2.45, 2.75) is 32.2 Å². The number of fused-ring (bicyclic) bond motifs is 4. The second-order valence-corrected chi connectivity index (χ2v) is 9.97. The van der Waals surface area contributed by atoms with Crippen LogP contribution >= 0.6 is 11.3 Å². The van der Waals surface area contributed by atoms with E-state index in [4.69, 9.17) is 4.98 Å². The molecule has 1 aliphatic heterocycles. The number of thiophene rings is 1. The van der Waals surface area contributed by atoms with Crippen LogP contribution in [0.1, 0.15) is 39.6 Å². The van der Waals surface area contributed by atoms with Crippen molar-refractivity contribution in [1.29, 1.82) is 0 Å². The zero-order valence-electron chi connectivity index (χ0n) is 18.1. The SMILES string of the molecule is O=C(c1cc2cc(F)ccc2[nH]1)N1CCN(Cc2nc3sc4c(c3c(=O)[nH]2)CCCC4)CC1. The Labute approximate surface area is 193 Å². The minimum Gasteiger partial charge on any atom is -0.351 e. The molecule has 0 atom stereocenters. The average molecular weight is 466 g/mol. The lowest BCUT2D eigenvalue weighted by atomic mass is 9.97. The van der Waals surface area contributed by atoms with Crippen molar-refractivity contribution >= 4 is 38.4 Å². The van der Waals surface area contributed by atoms with E-state index in [1.165, 1.54) is 29.0 Å². The predicted octanol–water partition coefficient (Wildman–Crippen LogP) is 3.44. The van der Waals surface area contributed by atoms with Gasteiger partial charge in [-0.25, -0.2) is 9.37 Å². The van der Waals surface area contributed by atoms with E-state index >= 15 is 0 Å². The number of rotatable bonds is 3. The summed E-state index contributed by atoms with van der Waals surface area (Å²) in [5.41, 5.74) is 2.40. The summed E-state index contributed by atoms with van der Waals surface area (Å²) in [6.45, 7) is 3.12. The molecule has 1 aliphatic carbocycles. The fraction of sp³-hybridized carbons (Fsp3) is 0.375. The Morgan fingerprint density at radius 3 is 2.76 bits per heavy atom. The van der Waals surface area contributed by atoms with Crippen molar-refractivity contribution in [2.24, 2.45) is 0 Å². The number of benzene rings is 1. The Kier molecular flexibility index (Phi) is 5.03. The van der Waals surface area contributed by atoms with E-state index in [-0.39, 0.29) is 17.3 Å². The molecule has 1 saturated heterocycles. The van der Waals surface area contributed by atoms with Gasteiger partial charge in [0.1, 0.15) is 22.2 Å². The second kappa shape index (κ2) is 8.07. The average Bonchev–Trinajstić information content (AvgIpc) is 3.40.